The van der Waals surface area contributed by atoms with Gasteiger partial charge < -0.3 is 4.74 Å². The third kappa shape index (κ3) is 5.81. The van der Waals surface area contributed by atoms with Gasteiger partial charge in [0.1, 0.15) is 12.4 Å². The maximum Gasteiger partial charge on any atom is 0.419 e. The van der Waals surface area contributed by atoms with Crippen LogP contribution in [0.25, 0.3) is 0 Å². The third-order valence-electron chi connectivity index (χ3n) is 4.99. The van der Waals surface area contributed by atoms with Crippen molar-refractivity contribution in [1.29, 1.82) is 0 Å². The zero-order valence-electron chi connectivity index (χ0n) is 20.3. The van der Waals surface area contributed by atoms with Crippen LogP contribution in [-0.4, -0.2) is 56.2 Å². The molecule has 0 N–H and O–H groups in total. The quantitative estimate of drug-likeness (QED) is 0.674. The minimum Gasteiger partial charge on any atom is -0.445 e. The maximum absolute atomic E-state index is 12.2. The van der Waals surface area contributed by atoms with E-state index in [1.165, 1.54) is 17.1 Å². The summed E-state index contributed by atoms with van der Waals surface area (Å²) in [7, 11) is 0. The molecule has 0 spiro atoms. The molecule has 0 amide bonds. The second-order valence-electron chi connectivity index (χ2n) is 7.88. The molecular formula is C24H35N5O3. The molecule has 3 heterocycles. The van der Waals surface area contributed by atoms with Gasteiger partial charge in [-0.25, -0.2) is 19.4 Å². The summed E-state index contributed by atoms with van der Waals surface area (Å²) in [6, 6.07) is 0. The molecule has 0 bridgehead atoms. The number of Topliss-reactive ketones (excluding diaryl/α,β-unsaturated/α-hetero) is 1. The highest BCUT2D eigenvalue weighted by atomic mass is 16.6. The fraction of sp³-hybridized carbons (Fsp3) is 0.542. The van der Waals surface area contributed by atoms with Gasteiger partial charge in [0.15, 0.2) is 11.6 Å². The Bertz CT molecular complexity index is 939. The summed E-state index contributed by atoms with van der Waals surface area (Å²) in [5, 5.41) is 6.56. The monoisotopic (exact) mass is 441 g/mol. The molecule has 1 unspecified atom stereocenters. The molecule has 1 aromatic rings. The summed E-state index contributed by atoms with van der Waals surface area (Å²) in [4.78, 5) is 32.7. The zero-order valence-corrected chi connectivity index (χ0v) is 20.3. The molecule has 32 heavy (non-hydrogen) atoms. The number of hydrogen-bond acceptors (Lipinski definition) is 7. The van der Waals surface area contributed by atoms with E-state index in [2.05, 4.69) is 9.98 Å². The van der Waals surface area contributed by atoms with E-state index >= 15 is 0 Å². The number of rotatable bonds is 3. The van der Waals surface area contributed by atoms with Crippen molar-refractivity contribution in [2.75, 3.05) is 6.54 Å². The highest BCUT2D eigenvalue weighted by molar-refractivity contribution is 6.28. The smallest absolute Gasteiger partial charge is 0.419 e. The molecule has 4 rings (SSSR count). The number of ketones is 1. The van der Waals surface area contributed by atoms with Gasteiger partial charge in [-0.1, -0.05) is 33.8 Å². The predicted molar refractivity (Wildman–Crippen MR) is 127 cm³/mol. The van der Waals surface area contributed by atoms with Crippen LogP contribution < -0.4 is 0 Å². The van der Waals surface area contributed by atoms with Gasteiger partial charge in [-0.2, -0.15) is 5.10 Å². The lowest BCUT2D eigenvalue weighted by Crippen LogP contribution is -2.34. The lowest BCUT2D eigenvalue weighted by Gasteiger charge is -2.26. The van der Waals surface area contributed by atoms with Crippen LogP contribution in [0.3, 0.4) is 0 Å². The number of allylic oxidation sites excluding steroid dienone is 2. The fourth-order valence-corrected chi connectivity index (χ4v) is 3.60. The van der Waals surface area contributed by atoms with Crippen LogP contribution in [0.1, 0.15) is 67.7 Å². The Morgan fingerprint density at radius 2 is 1.91 bits per heavy atom. The van der Waals surface area contributed by atoms with Gasteiger partial charge in [-0.3, -0.25) is 9.79 Å². The third-order valence-corrected chi connectivity index (χ3v) is 4.99. The number of hydrogen-bond donors (Lipinski definition) is 0. The molecule has 0 saturated heterocycles. The molecule has 0 fully saturated rings. The largest absolute Gasteiger partial charge is 0.445 e. The van der Waals surface area contributed by atoms with E-state index in [4.69, 9.17) is 9.84 Å². The first-order valence-electron chi connectivity index (χ1n) is 11.4. The topological polar surface area (TPSA) is 89.2 Å². The van der Waals surface area contributed by atoms with E-state index in [9.17, 15) is 9.59 Å². The maximum atomic E-state index is 12.2. The minimum atomic E-state index is -0.423. The highest BCUT2D eigenvalue weighted by Crippen LogP contribution is 2.30. The molecule has 2 aliphatic heterocycles. The molecule has 1 aromatic heterocycles. The Hall–Kier alpha value is -3.03. The van der Waals surface area contributed by atoms with E-state index in [0.717, 1.165) is 17.7 Å². The highest BCUT2D eigenvalue weighted by Gasteiger charge is 2.37. The normalized spacial score (nSPS) is 20.7. The van der Waals surface area contributed by atoms with E-state index in [1.807, 2.05) is 58.7 Å². The van der Waals surface area contributed by atoms with Gasteiger partial charge in [0.05, 0.1) is 23.4 Å². The minimum absolute atomic E-state index is 0.0163. The Labute approximate surface area is 190 Å². The van der Waals surface area contributed by atoms with Gasteiger partial charge >= 0.3 is 6.09 Å². The van der Waals surface area contributed by atoms with Crippen LogP contribution in [0.15, 0.2) is 52.1 Å². The SMILES string of the molecule is CC.CC.CC(=O)C1=CC(C2=CCC(OC(=O)n3ccnc3)CC2)=NN2CC(C)(C)N=C12. The molecule has 0 radical (unpaired) electrons. The second kappa shape index (κ2) is 11.0. The van der Waals surface area contributed by atoms with Gasteiger partial charge in [0, 0.05) is 18.8 Å². The number of nitrogens with zero attached hydrogens (tertiary/aromatic N) is 5. The number of aliphatic imine (C=N–C) groups is 1. The second-order valence-corrected chi connectivity index (χ2v) is 7.88. The summed E-state index contributed by atoms with van der Waals surface area (Å²) in [6.45, 7) is 14.3. The summed E-state index contributed by atoms with van der Waals surface area (Å²) >= 11 is 0. The van der Waals surface area contributed by atoms with Crippen molar-refractivity contribution < 1.29 is 14.3 Å². The van der Waals surface area contributed by atoms with Crippen molar-refractivity contribution in [1.82, 2.24) is 14.6 Å². The van der Waals surface area contributed by atoms with Crippen LogP contribution in [-0.2, 0) is 9.53 Å². The zero-order chi connectivity index (χ0) is 23.9. The molecule has 1 aliphatic carbocycles. The Kier molecular flexibility index (Phi) is 8.69. The number of imidazole rings is 1. The summed E-state index contributed by atoms with van der Waals surface area (Å²) in [5.41, 5.74) is 2.19. The van der Waals surface area contributed by atoms with Crippen LogP contribution in [0, 0.1) is 0 Å². The fourth-order valence-electron chi connectivity index (χ4n) is 3.60. The van der Waals surface area contributed by atoms with Crippen molar-refractivity contribution in [2.24, 2.45) is 10.1 Å². The average molecular weight is 442 g/mol. The van der Waals surface area contributed by atoms with Crippen LogP contribution >= 0.6 is 0 Å². The van der Waals surface area contributed by atoms with Gasteiger partial charge in [0.25, 0.3) is 0 Å². The summed E-state index contributed by atoms with van der Waals surface area (Å²) in [5.74, 6) is 0.641. The first-order chi connectivity index (χ1) is 15.3. The molecule has 174 valence electrons. The number of aromatic nitrogens is 2. The molecule has 8 nitrogen and oxygen atoms in total. The van der Waals surface area contributed by atoms with Crippen molar-refractivity contribution in [3.8, 4) is 0 Å². The average Bonchev–Trinajstić information content (AvgIpc) is 3.43. The summed E-state index contributed by atoms with van der Waals surface area (Å²) in [6.07, 6.45) is 9.86. The van der Waals surface area contributed by atoms with Crippen LogP contribution in [0.5, 0.6) is 0 Å². The van der Waals surface area contributed by atoms with E-state index in [-0.39, 0.29) is 17.4 Å². The van der Waals surface area contributed by atoms with Crippen molar-refractivity contribution in [3.63, 3.8) is 0 Å². The van der Waals surface area contributed by atoms with Gasteiger partial charge in [-0.15, -0.1) is 0 Å². The van der Waals surface area contributed by atoms with Crippen molar-refractivity contribution in [2.45, 2.75) is 79.4 Å². The van der Waals surface area contributed by atoms with Crippen molar-refractivity contribution in [3.05, 3.63) is 42.0 Å². The lowest BCUT2D eigenvalue weighted by molar-refractivity contribution is -0.113. The molecular weight excluding hydrogens is 406 g/mol. The molecule has 0 aromatic carbocycles. The van der Waals surface area contributed by atoms with Gasteiger partial charge in [-0.05, 0) is 45.3 Å². The first-order valence-corrected chi connectivity index (χ1v) is 11.4. The van der Waals surface area contributed by atoms with Crippen molar-refractivity contribution >= 4 is 23.4 Å². The number of ether oxygens (including phenoxy) is 1. The molecule has 3 aliphatic rings. The lowest BCUT2D eigenvalue weighted by atomic mass is 9.92. The number of hydrazone groups is 1. The molecule has 0 saturated carbocycles. The Morgan fingerprint density at radius 1 is 1.19 bits per heavy atom. The van der Waals surface area contributed by atoms with E-state index in [0.29, 0.717) is 30.8 Å². The van der Waals surface area contributed by atoms with Crippen LogP contribution in [0.4, 0.5) is 4.79 Å². The first kappa shape index (κ1) is 25.2. The number of carbonyl (C=O) groups excluding carboxylic acids is 2. The number of amidine groups is 1. The van der Waals surface area contributed by atoms with Crippen LogP contribution in [0.2, 0.25) is 0 Å². The Balaban J connectivity index is 0.000000860. The molecule has 8 heteroatoms. The Morgan fingerprint density at radius 3 is 2.47 bits per heavy atom. The van der Waals surface area contributed by atoms with Gasteiger partial charge in [0.2, 0.25) is 0 Å². The van der Waals surface area contributed by atoms with E-state index < -0.39 is 6.09 Å². The summed E-state index contributed by atoms with van der Waals surface area (Å²) < 4.78 is 6.85. The van der Waals surface area contributed by atoms with E-state index in [1.54, 1.807) is 13.1 Å². The predicted octanol–water partition coefficient (Wildman–Crippen LogP) is 4.78. The number of fused-ring (bicyclic) bond motifs is 1. The molecule has 1 atom stereocenters. The number of carbonyl (C=O) groups is 2. The standard InChI is InChI=1S/C20H23N5O3.2C2H6/c1-13(26)16-10-17(23-25-11-20(2,3)22-18(16)25)14-4-6-15(7-5-14)28-19(27)24-9-8-21-12-24;2*1-2/h4,8-10,12,15H,5-7,11H2,1-3H3;2*1-2H3.